The van der Waals surface area contributed by atoms with Crippen LogP contribution in [0.3, 0.4) is 0 Å². The number of fused-ring (bicyclic) bond motifs is 2. The molecule has 2 aromatic heterocycles. The van der Waals surface area contributed by atoms with Crippen LogP contribution in [0.25, 0.3) is 16.6 Å². The Morgan fingerprint density at radius 3 is 2.79 bits per heavy atom. The van der Waals surface area contributed by atoms with E-state index in [1.165, 1.54) is 17.2 Å². The molecule has 2 aromatic carbocycles. The molecule has 0 aliphatic carbocycles. The summed E-state index contributed by atoms with van der Waals surface area (Å²) in [5.41, 5.74) is 5.51. The third-order valence-corrected chi connectivity index (χ3v) is 5.63. The summed E-state index contributed by atoms with van der Waals surface area (Å²) >= 11 is 6.64. The van der Waals surface area contributed by atoms with E-state index in [1.807, 2.05) is 30.7 Å². The number of rotatable bonds is 3. The molecule has 4 aromatic rings. The maximum atomic E-state index is 13.5. The van der Waals surface area contributed by atoms with Gasteiger partial charge in [0.25, 0.3) is 0 Å². The van der Waals surface area contributed by atoms with E-state index in [9.17, 15) is 4.39 Å². The molecule has 0 saturated heterocycles. The van der Waals surface area contributed by atoms with Crippen LogP contribution in [0, 0.1) is 5.82 Å². The van der Waals surface area contributed by atoms with E-state index < -0.39 is 0 Å². The lowest BCUT2D eigenvalue weighted by Gasteiger charge is -2.29. The molecular formula is C22H18ClFN4. The lowest BCUT2D eigenvalue weighted by molar-refractivity contribution is 0.245. The molecule has 0 saturated carbocycles. The van der Waals surface area contributed by atoms with Gasteiger partial charge in [0.2, 0.25) is 0 Å². The molecule has 4 nitrogen and oxygen atoms in total. The molecule has 0 atom stereocenters. The van der Waals surface area contributed by atoms with Crippen LogP contribution in [0.1, 0.15) is 16.7 Å². The fraction of sp³-hybridized carbons (Fsp3) is 0.182. The van der Waals surface area contributed by atoms with Crippen LogP contribution in [-0.2, 0) is 19.5 Å². The van der Waals surface area contributed by atoms with Crippen molar-refractivity contribution in [2.75, 3.05) is 6.54 Å². The smallest absolute Gasteiger partial charge is 0.123 e. The van der Waals surface area contributed by atoms with E-state index in [1.54, 1.807) is 18.5 Å². The second-order valence-electron chi connectivity index (χ2n) is 7.16. The molecule has 3 heterocycles. The topological polar surface area (TPSA) is 34.0 Å². The third-order valence-electron chi connectivity index (χ3n) is 5.30. The van der Waals surface area contributed by atoms with Gasteiger partial charge < -0.3 is 4.57 Å². The molecule has 0 spiro atoms. The second kappa shape index (κ2) is 7.00. The molecule has 6 heteroatoms. The van der Waals surface area contributed by atoms with E-state index >= 15 is 0 Å². The number of hydrogen-bond acceptors (Lipinski definition) is 3. The molecule has 0 bridgehead atoms. The van der Waals surface area contributed by atoms with Gasteiger partial charge in [0.1, 0.15) is 12.1 Å². The van der Waals surface area contributed by atoms with Gasteiger partial charge in [-0.05, 0) is 53.9 Å². The van der Waals surface area contributed by atoms with E-state index in [4.69, 9.17) is 11.6 Å². The first-order valence-corrected chi connectivity index (χ1v) is 9.60. The minimum Gasteiger partial charge on any atom is -0.316 e. The molecule has 140 valence electrons. The van der Waals surface area contributed by atoms with Crippen LogP contribution < -0.4 is 0 Å². The van der Waals surface area contributed by atoms with Gasteiger partial charge in [0, 0.05) is 59.9 Å². The van der Waals surface area contributed by atoms with Crippen molar-refractivity contribution < 1.29 is 4.39 Å². The van der Waals surface area contributed by atoms with Crippen LogP contribution in [0.2, 0.25) is 5.02 Å². The number of halogens is 2. The van der Waals surface area contributed by atoms with Crippen molar-refractivity contribution in [3.05, 3.63) is 88.8 Å². The Labute approximate surface area is 167 Å². The molecule has 0 unspecified atom stereocenters. The first kappa shape index (κ1) is 17.3. The molecule has 1 aliphatic heterocycles. The van der Waals surface area contributed by atoms with E-state index in [0.29, 0.717) is 0 Å². The maximum absolute atomic E-state index is 13.5. The van der Waals surface area contributed by atoms with Crippen molar-refractivity contribution >= 4 is 22.5 Å². The average molecular weight is 393 g/mol. The van der Waals surface area contributed by atoms with Gasteiger partial charge in [-0.1, -0.05) is 11.6 Å². The van der Waals surface area contributed by atoms with Gasteiger partial charge in [0.05, 0.1) is 5.52 Å². The zero-order valence-electron chi connectivity index (χ0n) is 15.1. The van der Waals surface area contributed by atoms with Crippen LogP contribution in [0.5, 0.6) is 0 Å². The number of aromatic nitrogens is 3. The highest BCUT2D eigenvalue weighted by Gasteiger charge is 2.20. The number of hydrogen-bond donors (Lipinski definition) is 0. The van der Waals surface area contributed by atoms with E-state index in [2.05, 4.69) is 25.5 Å². The van der Waals surface area contributed by atoms with Crippen LogP contribution in [0.4, 0.5) is 4.39 Å². The van der Waals surface area contributed by atoms with Gasteiger partial charge >= 0.3 is 0 Å². The SMILES string of the molecule is Fc1ccc2c(ccn2-c2cc(Cl)c3c(c2)CN(Cc2cncnc2)CC3)c1. The first-order chi connectivity index (χ1) is 13.7. The van der Waals surface area contributed by atoms with Crippen molar-refractivity contribution in [2.45, 2.75) is 19.5 Å². The van der Waals surface area contributed by atoms with Crippen molar-refractivity contribution in [3.63, 3.8) is 0 Å². The first-order valence-electron chi connectivity index (χ1n) is 9.22. The summed E-state index contributed by atoms with van der Waals surface area (Å²) in [6.45, 7) is 2.59. The predicted molar refractivity (Wildman–Crippen MR) is 108 cm³/mol. The standard InChI is InChI=1S/C22H18ClFN4/c23-21-9-19(28-6-3-16-7-18(24)1-2-22(16)28)8-17-13-27(5-4-20(17)21)12-15-10-25-14-26-11-15/h1-3,6-11,14H,4-5,12-13H2. The monoisotopic (exact) mass is 392 g/mol. The zero-order chi connectivity index (χ0) is 19.1. The highest BCUT2D eigenvalue weighted by Crippen LogP contribution is 2.31. The fourth-order valence-electron chi connectivity index (χ4n) is 3.97. The summed E-state index contributed by atoms with van der Waals surface area (Å²) in [5, 5.41) is 1.67. The molecule has 28 heavy (non-hydrogen) atoms. The minimum atomic E-state index is -0.228. The van der Waals surface area contributed by atoms with Crippen molar-refractivity contribution in [1.82, 2.24) is 19.4 Å². The highest BCUT2D eigenvalue weighted by atomic mass is 35.5. The van der Waals surface area contributed by atoms with Gasteiger partial charge in [-0.15, -0.1) is 0 Å². The quantitative estimate of drug-likeness (QED) is 0.503. The Morgan fingerprint density at radius 1 is 1.07 bits per heavy atom. The molecule has 0 amide bonds. The molecule has 0 N–H and O–H groups in total. The summed E-state index contributed by atoms with van der Waals surface area (Å²) in [7, 11) is 0. The Hall–Kier alpha value is -2.76. The zero-order valence-corrected chi connectivity index (χ0v) is 15.9. The molecule has 0 radical (unpaired) electrons. The van der Waals surface area contributed by atoms with Crippen molar-refractivity contribution in [1.29, 1.82) is 0 Å². The summed E-state index contributed by atoms with van der Waals surface area (Å²) in [5.74, 6) is -0.228. The normalized spacial score (nSPS) is 14.4. The largest absolute Gasteiger partial charge is 0.316 e. The van der Waals surface area contributed by atoms with Crippen LogP contribution >= 0.6 is 11.6 Å². The summed E-state index contributed by atoms with van der Waals surface area (Å²) in [4.78, 5) is 10.6. The van der Waals surface area contributed by atoms with E-state index in [0.717, 1.165) is 53.2 Å². The molecular weight excluding hydrogens is 375 g/mol. The van der Waals surface area contributed by atoms with Gasteiger partial charge in [-0.3, -0.25) is 4.90 Å². The average Bonchev–Trinajstić information content (AvgIpc) is 3.11. The van der Waals surface area contributed by atoms with Gasteiger partial charge in [0.15, 0.2) is 0 Å². The fourth-order valence-corrected chi connectivity index (χ4v) is 4.30. The molecule has 5 rings (SSSR count). The van der Waals surface area contributed by atoms with Gasteiger partial charge in [-0.25, -0.2) is 14.4 Å². The lowest BCUT2D eigenvalue weighted by atomic mass is 9.98. The number of benzene rings is 2. The second-order valence-corrected chi connectivity index (χ2v) is 7.57. The van der Waals surface area contributed by atoms with Gasteiger partial charge in [-0.2, -0.15) is 0 Å². The van der Waals surface area contributed by atoms with E-state index in [-0.39, 0.29) is 5.82 Å². The predicted octanol–water partition coefficient (Wildman–Crippen LogP) is 4.77. The summed E-state index contributed by atoms with van der Waals surface area (Å²) in [6, 6.07) is 11.0. The summed E-state index contributed by atoms with van der Waals surface area (Å²) in [6.07, 6.45) is 8.15. The van der Waals surface area contributed by atoms with Crippen molar-refractivity contribution in [3.8, 4) is 5.69 Å². The Kier molecular flexibility index (Phi) is 4.34. The lowest BCUT2D eigenvalue weighted by Crippen LogP contribution is -2.30. The highest BCUT2D eigenvalue weighted by molar-refractivity contribution is 6.31. The molecule has 1 aliphatic rings. The van der Waals surface area contributed by atoms with Crippen LogP contribution in [0.15, 0.2) is 61.3 Å². The molecule has 0 fully saturated rings. The Morgan fingerprint density at radius 2 is 1.93 bits per heavy atom. The van der Waals surface area contributed by atoms with Crippen LogP contribution in [-0.4, -0.2) is 26.0 Å². The maximum Gasteiger partial charge on any atom is 0.123 e. The van der Waals surface area contributed by atoms with Crippen molar-refractivity contribution in [2.24, 2.45) is 0 Å². The minimum absolute atomic E-state index is 0.228. The number of nitrogens with zero attached hydrogens (tertiary/aromatic N) is 4. The summed E-state index contributed by atoms with van der Waals surface area (Å²) < 4.78 is 15.6. The Bertz CT molecular complexity index is 1160. The third kappa shape index (κ3) is 3.17. The Balaban J connectivity index is 1.49.